The molecule has 0 aromatic heterocycles. The zero-order chi connectivity index (χ0) is 16.4. The van der Waals surface area contributed by atoms with Crippen molar-refractivity contribution in [2.45, 2.75) is 6.42 Å². The molecule has 0 saturated heterocycles. The summed E-state index contributed by atoms with van der Waals surface area (Å²) >= 11 is 3.47. The zero-order valence-electron chi connectivity index (χ0n) is 11.9. The molecular formula is C18H12BrF2NO. The summed E-state index contributed by atoms with van der Waals surface area (Å²) in [6.45, 7) is 0. The van der Waals surface area contributed by atoms with E-state index in [2.05, 4.69) is 21.2 Å². The predicted molar refractivity (Wildman–Crippen MR) is 90.3 cm³/mol. The van der Waals surface area contributed by atoms with Crippen LogP contribution in [0.1, 0.15) is 5.56 Å². The first-order valence-electron chi connectivity index (χ1n) is 6.95. The molecule has 0 saturated carbocycles. The van der Waals surface area contributed by atoms with Crippen molar-refractivity contribution < 1.29 is 13.6 Å². The molecule has 3 aromatic rings. The highest BCUT2D eigenvalue weighted by Crippen LogP contribution is 2.26. The number of nitrogens with one attached hydrogen (secondary N) is 1. The maximum atomic E-state index is 13.6. The SMILES string of the molecule is O=C(Cc1ccc(F)cc1F)Nc1ccc2c(Br)cccc2c1. The second kappa shape index (κ2) is 6.46. The van der Waals surface area contributed by atoms with Crippen molar-refractivity contribution in [3.63, 3.8) is 0 Å². The Kier molecular flexibility index (Phi) is 4.39. The second-order valence-corrected chi connectivity index (χ2v) is 5.99. The maximum Gasteiger partial charge on any atom is 0.228 e. The Morgan fingerprint density at radius 3 is 2.65 bits per heavy atom. The van der Waals surface area contributed by atoms with Crippen LogP contribution in [0.5, 0.6) is 0 Å². The molecule has 0 spiro atoms. The number of carbonyl (C=O) groups excluding carboxylic acids is 1. The number of carbonyl (C=O) groups is 1. The fourth-order valence-corrected chi connectivity index (χ4v) is 2.88. The van der Waals surface area contributed by atoms with Gasteiger partial charge in [-0.15, -0.1) is 0 Å². The van der Waals surface area contributed by atoms with Crippen molar-refractivity contribution in [2.24, 2.45) is 0 Å². The van der Waals surface area contributed by atoms with Crippen molar-refractivity contribution in [3.05, 3.63) is 76.3 Å². The van der Waals surface area contributed by atoms with Gasteiger partial charge in [-0.25, -0.2) is 8.78 Å². The first-order chi connectivity index (χ1) is 11.0. The third kappa shape index (κ3) is 3.56. The van der Waals surface area contributed by atoms with Gasteiger partial charge in [0.2, 0.25) is 5.91 Å². The molecule has 2 nitrogen and oxygen atoms in total. The third-order valence-corrected chi connectivity index (χ3v) is 4.17. The fourth-order valence-electron chi connectivity index (χ4n) is 2.37. The molecule has 1 amide bonds. The van der Waals surface area contributed by atoms with E-state index in [4.69, 9.17) is 0 Å². The van der Waals surface area contributed by atoms with Crippen LogP contribution in [0.3, 0.4) is 0 Å². The quantitative estimate of drug-likeness (QED) is 0.680. The minimum Gasteiger partial charge on any atom is -0.326 e. The molecule has 23 heavy (non-hydrogen) atoms. The summed E-state index contributed by atoms with van der Waals surface area (Å²) in [5.41, 5.74) is 0.788. The monoisotopic (exact) mass is 375 g/mol. The molecule has 0 atom stereocenters. The summed E-state index contributed by atoms with van der Waals surface area (Å²) in [6.07, 6.45) is -0.150. The molecule has 0 heterocycles. The molecular weight excluding hydrogens is 364 g/mol. The molecule has 0 aliphatic heterocycles. The highest BCUT2D eigenvalue weighted by atomic mass is 79.9. The number of halogens is 3. The lowest BCUT2D eigenvalue weighted by Gasteiger charge is -2.08. The van der Waals surface area contributed by atoms with Gasteiger partial charge < -0.3 is 5.32 Å². The van der Waals surface area contributed by atoms with Crippen LogP contribution >= 0.6 is 15.9 Å². The van der Waals surface area contributed by atoms with Gasteiger partial charge in [-0.1, -0.05) is 40.2 Å². The Morgan fingerprint density at radius 2 is 1.87 bits per heavy atom. The molecule has 0 unspecified atom stereocenters. The van der Waals surface area contributed by atoms with Gasteiger partial charge in [0, 0.05) is 16.2 Å². The van der Waals surface area contributed by atoms with E-state index in [1.807, 2.05) is 30.3 Å². The van der Waals surface area contributed by atoms with Crippen molar-refractivity contribution >= 4 is 38.3 Å². The summed E-state index contributed by atoms with van der Waals surface area (Å²) in [5.74, 6) is -1.74. The molecule has 0 fully saturated rings. The number of hydrogen-bond acceptors (Lipinski definition) is 1. The van der Waals surface area contributed by atoms with E-state index in [0.29, 0.717) is 5.69 Å². The minimum absolute atomic E-state index is 0.150. The Balaban J connectivity index is 1.77. The normalized spacial score (nSPS) is 10.7. The van der Waals surface area contributed by atoms with E-state index in [9.17, 15) is 13.6 Å². The second-order valence-electron chi connectivity index (χ2n) is 5.14. The molecule has 0 aliphatic rings. The van der Waals surface area contributed by atoms with E-state index in [1.54, 1.807) is 6.07 Å². The topological polar surface area (TPSA) is 29.1 Å². The molecule has 5 heteroatoms. The maximum absolute atomic E-state index is 13.6. The van der Waals surface area contributed by atoms with Gasteiger partial charge in [-0.3, -0.25) is 4.79 Å². The van der Waals surface area contributed by atoms with Crippen LogP contribution < -0.4 is 5.32 Å². The lowest BCUT2D eigenvalue weighted by Crippen LogP contribution is -2.15. The first kappa shape index (κ1) is 15.6. The van der Waals surface area contributed by atoms with Gasteiger partial charge >= 0.3 is 0 Å². The van der Waals surface area contributed by atoms with E-state index >= 15 is 0 Å². The molecule has 3 aromatic carbocycles. The fraction of sp³-hybridized carbons (Fsp3) is 0.0556. The van der Waals surface area contributed by atoms with E-state index in [1.165, 1.54) is 6.07 Å². The van der Waals surface area contributed by atoms with Gasteiger partial charge in [0.25, 0.3) is 0 Å². The number of rotatable bonds is 3. The third-order valence-electron chi connectivity index (χ3n) is 3.48. The Morgan fingerprint density at radius 1 is 1.04 bits per heavy atom. The zero-order valence-corrected chi connectivity index (χ0v) is 13.5. The number of fused-ring (bicyclic) bond motifs is 1. The molecule has 3 rings (SSSR count). The van der Waals surface area contributed by atoms with Crippen LogP contribution in [0.25, 0.3) is 10.8 Å². The number of hydrogen-bond donors (Lipinski definition) is 1. The number of anilines is 1. The molecule has 0 radical (unpaired) electrons. The largest absolute Gasteiger partial charge is 0.326 e. The van der Waals surface area contributed by atoms with Crippen LogP contribution in [0.2, 0.25) is 0 Å². The summed E-state index contributed by atoms with van der Waals surface area (Å²) in [5, 5.41) is 4.74. The van der Waals surface area contributed by atoms with Gasteiger partial charge in [-0.2, -0.15) is 0 Å². The smallest absolute Gasteiger partial charge is 0.228 e. The first-order valence-corrected chi connectivity index (χ1v) is 7.74. The minimum atomic E-state index is -0.720. The van der Waals surface area contributed by atoms with E-state index in [0.717, 1.165) is 27.4 Å². The van der Waals surface area contributed by atoms with Crippen molar-refractivity contribution in [3.8, 4) is 0 Å². The summed E-state index contributed by atoms with van der Waals surface area (Å²) in [6, 6.07) is 14.5. The van der Waals surface area contributed by atoms with Gasteiger partial charge in [0.15, 0.2) is 0 Å². The standard InChI is InChI=1S/C18H12BrF2NO/c19-16-3-1-2-11-8-14(6-7-15(11)16)22-18(23)9-12-4-5-13(20)10-17(12)21/h1-8,10H,9H2,(H,22,23). The van der Waals surface area contributed by atoms with Crippen LogP contribution in [0.4, 0.5) is 14.5 Å². The summed E-state index contributed by atoms with van der Waals surface area (Å²) in [7, 11) is 0. The average molecular weight is 376 g/mol. The Labute approximate surface area is 140 Å². The van der Waals surface area contributed by atoms with Crippen molar-refractivity contribution in [1.29, 1.82) is 0 Å². The van der Waals surface area contributed by atoms with Crippen LogP contribution in [0, 0.1) is 11.6 Å². The summed E-state index contributed by atoms with van der Waals surface area (Å²) < 4.78 is 27.4. The van der Waals surface area contributed by atoms with Gasteiger partial charge in [0.1, 0.15) is 11.6 Å². The average Bonchev–Trinajstić information content (AvgIpc) is 2.50. The highest BCUT2D eigenvalue weighted by Gasteiger charge is 2.10. The number of benzene rings is 3. The Bertz CT molecular complexity index is 895. The molecule has 0 aliphatic carbocycles. The lowest BCUT2D eigenvalue weighted by molar-refractivity contribution is -0.115. The molecule has 1 N–H and O–H groups in total. The van der Waals surface area contributed by atoms with Crippen LogP contribution in [-0.4, -0.2) is 5.91 Å². The van der Waals surface area contributed by atoms with E-state index in [-0.39, 0.29) is 17.9 Å². The van der Waals surface area contributed by atoms with E-state index < -0.39 is 11.6 Å². The highest BCUT2D eigenvalue weighted by molar-refractivity contribution is 9.10. The summed E-state index contributed by atoms with van der Waals surface area (Å²) in [4.78, 5) is 12.0. The number of amides is 1. The Hall–Kier alpha value is -2.27. The predicted octanol–water partition coefficient (Wildman–Crippen LogP) is 5.06. The van der Waals surface area contributed by atoms with Crippen LogP contribution in [-0.2, 0) is 11.2 Å². The van der Waals surface area contributed by atoms with Gasteiger partial charge in [-0.05, 0) is 40.6 Å². The lowest BCUT2D eigenvalue weighted by atomic mass is 10.1. The van der Waals surface area contributed by atoms with Crippen LogP contribution in [0.15, 0.2) is 59.1 Å². The molecule has 0 bridgehead atoms. The molecule has 116 valence electrons. The van der Waals surface area contributed by atoms with Gasteiger partial charge in [0.05, 0.1) is 6.42 Å². The van der Waals surface area contributed by atoms with Crippen molar-refractivity contribution in [2.75, 3.05) is 5.32 Å². The van der Waals surface area contributed by atoms with Crippen molar-refractivity contribution in [1.82, 2.24) is 0 Å².